The maximum Gasteiger partial charge on any atom is 0.229 e. The first-order valence-corrected chi connectivity index (χ1v) is 9.93. The molecule has 1 amide bonds. The second kappa shape index (κ2) is 10.5. The first-order chi connectivity index (χ1) is 14.2. The van der Waals surface area contributed by atoms with Crippen molar-refractivity contribution >= 4 is 11.7 Å². The van der Waals surface area contributed by atoms with E-state index in [0.717, 1.165) is 30.4 Å². The lowest BCUT2D eigenvalue weighted by molar-refractivity contribution is -0.115. The molecule has 0 fully saturated rings. The fourth-order valence-electron chi connectivity index (χ4n) is 3.39. The van der Waals surface area contributed by atoms with Crippen LogP contribution in [0.1, 0.15) is 42.5 Å². The van der Waals surface area contributed by atoms with Crippen molar-refractivity contribution in [3.8, 4) is 0 Å². The third kappa shape index (κ3) is 6.01. The third-order valence-corrected chi connectivity index (χ3v) is 4.92. The van der Waals surface area contributed by atoms with Crippen molar-refractivity contribution in [2.75, 3.05) is 5.32 Å². The molecule has 0 saturated carbocycles. The number of nitrogens with one attached hydrogen (secondary N) is 1. The van der Waals surface area contributed by atoms with Gasteiger partial charge in [-0.3, -0.25) is 9.63 Å². The number of aryl methyl sites for hydroxylation is 1. The minimum atomic E-state index is -0.0901. The molecule has 3 N–H and O–H groups in total. The van der Waals surface area contributed by atoms with Crippen LogP contribution < -0.4 is 11.2 Å². The van der Waals surface area contributed by atoms with Gasteiger partial charge >= 0.3 is 0 Å². The average molecular weight is 393 g/mol. The highest BCUT2D eigenvalue weighted by molar-refractivity contribution is 5.92. The SMILES string of the molecule is CC(CCCc1ccccc1)n1ncc(CON)c1NC(=O)Cc1ccccc1. The standard InChI is InChI=1S/C23H28N4O2/c1-18(9-8-14-19-10-4-2-5-11-19)27-23(21(16-25-27)17-29-24)26-22(28)15-20-12-6-3-7-13-20/h2-7,10-13,16,18H,8-9,14-15,17,24H2,1H3,(H,26,28). The van der Waals surface area contributed by atoms with Gasteiger partial charge in [-0.25, -0.2) is 10.6 Å². The molecule has 1 aromatic heterocycles. The maximum absolute atomic E-state index is 12.6. The molecule has 6 heteroatoms. The molecule has 1 atom stereocenters. The number of benzene rings is 2. The molecule has 0 saturated heterocycles. The minimum Gasteiger partial charge on any atom is -0.310 e. The summed E-state index contributed by atoms with van der Waals surface area (Å²) in [6, 6.07) is 20.2. The maximum atomic E-state index is 12.6. The molecule has 0 spiro atoms. The minimum absolute atomic E-state index is 0.0901. The van der Waals surface area contributed by atoms with E-state index in [4.69, 9.17) is 10.7 Å². The Hall–Kier alpha value is -2.96. The molecule has 3 aromatic rings. The van der Waals surface area contributed by atoms with E-state index in [-0.39, 0.29) is 18.6 Å². The number of carbonyl (C=O) groups excluding carboxylic acids is 1. The molecule has 152 valence electrons. The number of hydrogen-bond acceptors (Lipinski definition) is 4. The Labute approximate surface area is 171 Å². The van der Waals surface area contributed by atoms with Crippen molar-refractivity contribution < 1.29 is 9.63 Å². The van der Waals surface area contributed by atoms with Gasteiger partial charge in [0.25, 0.3) is 0 Å². The molecular formula is C23H28N4O2. The van der Waals surface area contributed by atoms with Crippen LogP contribution in [0.15, 0.2) is 66.9 Å². The highest BCUT2D eigenvalue weighted by Crippen LogP contribution is 2.24. The molecule has 6 nitrogen and oxygen atoms in total. The van der Waals surface area contributed by atoms with Crippen LogP contribution in [0.3, 0.4) is 0 Å². The smallest absolute Gasteiger partial charge is 0.229 e. The van der Waals surface area contributed by atoms with E-state index in [1.54, 1.807) is 6.20 Å². The van der Waals surface area contributed by atoms with Gasteiger partial charge in [0.1, 0.15) is 5.82 Å². The summed E-state index contributed by atoms with van der Waals surface area (Å²) in [4.78, 5) is 17.4. The fraction of sp³-hybridized carbons (Fsp3) is 0.304. The summed E-state index contributed by atoms with van der Waals surface area (Å²) in [6.45, 7) is 2.30. The Kier molecular flexibility index (Phi) is 7.55. The first-order valence-electron chi connectivity index (χ1n) is 9.93. The zero-order chi connectivity index (χ0) is 20.5. The van der Waals surface area contributed by atoms with Crippen molar-refractivity contribution in [3.05, 3.63) is 83.6 Å². The van der Waals surface area contributed by atoms with Crippen molar-refractivity contribution in [2.45, 2.75) is 45.3 Å². The Morgan fingerprint density at radius 2 is 1.76 bits per heavy atom. The van der Waals surface area contributed by atoms with Gasteiger partial charge in [-0.1, -0.05) is 60.7 Å². The molecule has 1 unspecified atom stereocenters. The van der Waals surface area contributed by atoms with E-state index < -0.39 is 0 Å². The molecule has 29 heavy (non-hydrogen) atoms. The van der Waals surface area contributed by atoms with E-state index in [9.17, 15) is 4.79 Å². The number of aromatic nitrogens is 2. The van der Waals surface area contributed by atoms with Crippen LogP contribution >= 0.6 is 0 Å². The summed E-state index contributed by atoms with van der Waals surface area (Å²) < 4.78 is 1.86. The number of anilines is 1. The number of carbonyl (C=O) groups is 1. The number of amides is 1. The topological polar surface area (TPSA) is 82.2 Å². The Morgan fingerprint density at radius 3 is 2.41 bits per heavy atom. The summed E-state index contributed by atoms with van der Waals surface area (Å²) in [7, 11) is 0. The summed E-state index contributed by atoms with van der Waals surface area (Å²) >= 11 is 0. The molecular weight excluding hydrogens is 364 g/mol. The van der Waals surface area contributed by atoms with Crippen molar-refractivity contribution in [1.82, 2.24) is 9.78 Å². The third-order valence-electron chi connectivity index (χ3n) is 4.92. The second-order valence-corrected chi connectivity index (χ2v) is 7.21. The van der Waals surface area contributed by atoms with Crippen LogP contribution in [0.25, 0.3) is 0 Å². The van der Waals surface area contributed by atoms with E-state index in [1.807, 2.05) is 41.1 Å². The number of nitrogens with two attached hydrogens (primary N) is 1. The van der Waals surface area contributed by atoms with Gasteiger partial charge in [0.15, 0.2) is 0 Å². The molecule has 0 aliphatic heterocycles. The van der Waals surface area contributed by atoms with E-state index in [1.165, 1.54) is 5.56 Å². The number of nitrogens with zero attached hydrogens (tertiary/aromatic N) is 2. The fourth-order valence-corrected chi connectivity index (χ4v) is 3.39. The zero-order valence-electron chi connectivity index (χ0n) is 16.8. The lowest BCUT2D eigenvalue weighted by atomic mass is 10.1. The van der Waals surface area contributed by atoms with Gasteiger partial charge in [0.2, 0.25) is 5.91 Å². The zero-order valence-corrected chi connectivity index (χ0v) is 16.8. The quantitative estimate of drug-likeness (QED) is 0.510. The lowest BCUT2D eigenvalue weighted by Gasteiger charge is -2.17. The van der Waals surface area contributed by atoms with Gasteiger partial charge in [-0.05, 0) is 37.3 Å². The van der Waals surface area contributed by atoms with E-state index >= 15 is 0 Å². The largest absolute Gasteiger partial charge is 0.310 e. The Bertz CT molecular complexity index is 894. The molecule has 0 aliphatic carbocycles. The molecule has 0 radical (unpaired) electrons. The van der Waals surface area contributed by atoms with Crippen LogP contribution in [-0.2, 0) is 29.1 Å². The van der Waals surface area contributed by atoms with Crippen molar-refractivity contribution in [1.29, 1.82) is 0 Å². The van der Waals surface area contributed by atoms with E-state index in [2.05, 4.69) is 41.6 Å². The predicted octanol–water partition coefficient (Wildman–Crippen LogP) is 4.04. The second-order valence-electron chi connectivity index (χ2n) is 7.21. The summed E-state index contributed by atoms with van der Waals surface area (Å²) in [5, 5.41) is 7.49. The van der Waals surface area contributed by atoms with Crippen molar-refractivity contribution in [3.63, 3.8) is 0 Å². The van der Waals surface area contributed by atoms with E-state index in [0.29, 0.717) is 12.2 Å². The van der Waals surface area contributed by atoms with Gasteiger partial charge in [-0.15, -0.1) is 0 Å². The Balaban J connectivity index is 1.65. The van der Waals surface area contributed by atoms with Gasteiger partial charge in [0.05, 0.1) is 25.3 Å². The van der Waals surface area contributed by atoms with Gasteiger partial charge < -0.3 is 5.32 Å². The normalized spacial score (nSPS) is 11.9. The van der Waals surface area contributed by atoms with Crippen molar-refractivity contribution in [2.24, 2.45) is 5.90 Å². The molecule has 2 aromatic carbocycles. The van der Waals surface area contributed by atoms with Crippen LogP contribution in [0.5, 0.6) is 0 Å². The monoisotopic (exact) mass is 392 g/mol. The number of hydrogen-bond donors (Lipinski definition) is 2. The van der Waals surface area contributed by atoms with Gasteiger partial charge in [-0.2, -0.15) is 5.10 Å². The van der Waals surface area contributed by atoms with Crippen LogP contribution in [0.4, 0.5) is 5.82 Å². The molecule has 1 heterocycles. The summed E-state index contributed by atoms with van der Waals surface area (Å²) in [5.41, 5.74) is 3.06. The summed E-state index contributed by atoms with van der Waals surface area (Å²) in [6.07, 6.45) is 5.00. The van der Waals surface area contributed by atoms with Crippen LogP contribution in [-0.4, -0.2) is 15.7 Å². The Morgan fingerprint density at radius 1 is 1.10 bits per heavy atom. The van der Waals surface area contributed by atoms with Crippen LogP contribution in [0.2, 0.25) is 0 Å². The van der Waals surface area contributed by atoms with Gasteiger partial charge in [0, 0.05) is 5.56 Å². The molecule has 0 aliphatic rings. The molecule has 0 bridgehead atoms. The molecule has 3 rings (SSSR count). The highest BCUT2D eigenvalue weighted by atomic mass is 16.6. The van der Waals surface area contributed by atoms with Crippen LogP contribution in [0, 0.1) is 0 Å². The average Bonchev–Trinajstić information content (AvgIpc) is 3.12. The predicted molar refractivity (Wildman–Crippen MR) is 114 cm³/mol. The first kappa shape index (κ1) is 20.8. The number of rotatable bonds is 10. The summed E-state index contributed by atoms with van der Waals surface area (Å²) in [5.74, 6) is 5.83. The highest BCUT2D eigenvalue weighted by Gasteiger charge is 2.18. The lowest BCUT2D eigenvalue weighted by Crippen LogP contribution is -2.20.